The highest BCUT2D eigenvalue weighted by Crippen LogP contribution is 2.28. The van der Waals surface area contributed by atoms with E-state index in [0.717, 1.165) is 9.21 Å². The molecule has 0 radical (unpaired) electrons. The van der Waals surface area contributed by atoms with E-state index >= 15 is 0 Å². The molecule has 5 nitrogen and oxygen atoms in total. The lowest BCUT2D eigenvalue weighted by atomic mass is 10.3. The molecule has 20 heavy (non-hydrogen) atoms. The summed E-state index contributed by atoms with van der Waals surface area (Å²) < 4.78 is 21.9. The Kier molecular flexibility index (Phi) is 10.2. The maximum absolute atomic E-state index is 5.89. The zero-order valence-corrected chi connectivity index (χ0v) is 13.3. The fourth-order valence-electron chi connectivity index (χ4n) is 1.48. The zero-order chi connectivity index (χ0) is 14.6. The Hall–Kier alpha value is -0.210. The fraction of sp³-hybridized carbons (Fsp3) is 0.692. The molecule has 0 amide bonds. The van der Waals surface area contributed by atoms with Gasteiger partial charge in [-0.15, -0.1) is 11.3 Å². The van der Waals surface area contributed by atoms with Gasteiger partial charge in [-0.1, -0.05) is 11.6 Å². The summed E-state index contributed by atoms with van der Waals surface area (Å²) in [6.07, 6.45) is -0.117. The molecule has 1 aromatic rings. The van der Waals surface area contributed by atoms with Crippen molar-refractivity contribution in [3.05, 3.63) is 21.3 Å². The third-order valence-electron chi connectivity index (χ3n) is 2.48. The normalized spacial score (nSPS) is 12.8. The summed E-state index contributed by atoms with van der Waals surface area (Å²) in [7, 11) is 1.64. The lowest BCUT2D eigenvalue weighted by Crippen LogP contribution is -2.18. The minimum atomic E-state index is -0.117. The molecular formula is C13H22ClNO4S. The first kappa shape index (κ1) is 17.8. The van der Waals surface area contributed by atoms with Crippen molar-refractivity contribution in [2.45, 2.75) is 6.10 Å². The molecule has 116 valence electrons. The highest BCUT2D eigenvalue weighted by molar-refractivity contribution is 7.16. The molecule has 0 saturated carbocycles. The van der Waals surface area contributed by atoms with Crippen LogP contribution < -0.4 is 5.73 Å². The van der Waals surface area contributed by atoms with E-state index in [1.165, 1.54) is 11.3 Å². The van der Waals surface area contributed by atoms with E-state index in [4.69, 9.17) is 36.3 Å². The van der Waals surface area contributed by atoms with Crippen molar-refractivity contribution in [2.24, 2.45) is 5.73 Å². The molecular weight excluding hydrogens is 302 g/mol. The predicted molar refractivity (Wildman–Crippen MR) is 80.6 cm³/mol. The van der Waals surface area contributed by atoms with Crippen molar-refractivity contribution >= 4 is 22.9 Å². The standard InChI is InChI=1S/C13H22ClNO4S/c1-16-4-5-17-6-7-18-8-9-19-11(10-15)12-2-3-13(14)20-12/h2-3,11H,4-10,15H2,1H3. The van der Waals surface area contributed by atoms with Gasteiger partial charge in [0.1, 0.15) is 6.10 Å². The first-order chi connectivity index (χ1) is 9.77. The molecule has 1 atom stereocenters. The lowest BCUT2D eigenvalue weighted by Gasteiger charge is -2.14. The first-order valence-electron chi connectivity index (χ1n) is 6.49. The third kappa shape index (κ3) is 7.54. The van der Waals surface area contributed by atoms with Crippen LogP contribution in [0.2, 0.25) is 4.34 Å². The number of nitrogens with two attached hydrogens (primary N) is 1. The van der Waals surface area contributed by atoms with Crippen molar-refractivity contribution in [3.8, 4) is 0 Å². The van der Waals surface area contributed by atoms with Crippen molar-refractivity contribution in [1.29, 1.82) is 0 Å². The van der Waals surface area contributed by atoms with E-state index < -0.39 is 0 Å². The molecule has 0 aromatic carbocycles. The third-order valence-corrected chi connectivity index (χ3v) is 3.80. The monoisotopic (exact) mass is 323 g/mol. The van der Waals surface area contributed by atoms with Crippen LogP contribution in [0.15, 0.2) is 12.1 Å². The quantitative estimate of drug-likeness (QED) is 0.597. The van der Waals surface area contributed by atoms with E-state index in [1.54, 1.807) is 7.11 Å². The van der Waals surface area contributed by atoms with Crippen molar-refractivity contribution in [2.75, 3.05) is 53.3 Å². The summed E-state index contributed by atoms with van der Waals surface area (Å²) in [6.45, 7) is 3.74. The number of hydrogen-bond acceptors (Lipinski definition) is 6. The van der Waals surface area contributed by atoms with E-state index in [9.17, 15) is 0 Å². The van der Waals surface area contributed by atoms with Crippen LogP contribution in [0.25, 0.3) is 0 Å². The SMILES string of the molecule is COCCOCCOCCOC(CN)c1ccc(Cl)s1. The maximum atomic E-state index is 5.89. The van der Waals surface area contributed by atoms with Crippen LogP contribution >= 0.6 is 22.9 Å². The molecule has 1 aromatic heterocycles. The number of halogens is 1. The fourth-order valence-corrected chi connectivity index (χ4v) is 2.60. The molecule has 0 fully saturated rings. The second-order valence-electron chi connectivity index (χ2n) is 3.95. The molecule has 0 aliphatic rings. The number of hydrogen-bond donors (Lipinski definition) is 1. The number of ether oxygens (including phenoxy) is 4. The zero-order valence-electron chi connectivity index (χ0n) is 11.7. The highest BCUT2D eigenvalue weighted by atomic mass is 35.5. The van der Waals surface area contributed by atoms with Crippen LogP contribution in [0.5, 0.6) is 0 Å². The van der Waals surface area contributed by atoms with Gasteiger partial charge in [0.25, 0.3) is 0 Å². The van der Waals surface area contributed by atoms with Gasteiger partial charge in [-0.05, 0) is 12.1 Å². The van der Waals surface area contributed by atoms with Gasteiger partial charge in [-0.25, -0.2) is 0 Å². The van der Waals surface area contributed by atoms with Crippen LogP contribution in [-0.4, -0.2) is 53.3 Å². The van der Waals surface area contributed by atoms with Crippen molar-refractivity contribution in [3.63, 3.8) is 0 Å². The van der Waals surface area contributed by atoms with Gasteiger partial charge in [0.15, 0.2) is 0 Å². The van der Waals surface area contributed by atoms with Gasteiger partial charge >= 0.3 is 0 Å². The first-order valence-corrected chi connectivity index (χ1v) is 7.68. The van der Waals surface area contributed by atoms with Gasteiger partial charge < -0.3 is 24.7 Å². The average Bonchev–Trinajstić information content (AvgIpc) is 2.87. The Morgan fingerprint density at radius 3 is 2.30 bits per heavy atom. The molecule has 1 rings (SSSR count). The summed E-state index contributed by atoms with van der Waals surface area (Å²) in [4.78, 5) is 1.04. The van der Waals surface area contributed by atoms with E-state index in [1.807, 2.05) is 12.1 Å². The average molecular weight is 324 g/mol. The van der Waals surface area contributed by atoms with Gasteiger partial charge in [-0.2, -0.15) is 0 Å². The molecule has 0 spiro atoms. The van der Waals surface area contributed by atoms with Crippen LogP contribution in [0.3, 0.4) is 0 Å². The Bertz CT molecular complexity index is 351. The maximum Gasteiger partial charge on any atom is 0.104 e. The van der Waals surface area contributed by atoms with Crippen molar-refractivity contribution in [1.82, 2.24) is 0 Å². The van der Waals surface area contributed by atoms with Crippen LogP contribution in [-0.2, 0) is 18.9 Å². The summed E-state index contributed by atoms with van der Waals surface area (Å²) in [6, 6.07) is 3.79. The topological polar surface area (TPSA) is 62.9 Å². The summed E-state index contributed by atoms with van der Waals surface area (Å²) in [5, 5.41) is 0. The van der Waals surface area contributed by atoms with Crippen LogP contribution in [0.4, 0.5) is 0 Å². The molecule has 0 aliphatic carbocycles. The highest BCUT2D eigenvalue weighted by Gasteiger charge is 2.12. The molecule has 1 unspecified atom stereocenters. The van der Waals surface area contributed by atoms with E-state index in [2.05, 4.69) is 0 Å². The second kappa shape index (κ2) is 11.4. The smallest absolute Gasteiger partial charge is 0.104 e. The Morgan fingerprint density at radius 1 is 1.10 bits per heavy atom. The number of methoxy groups -OCH3 is 1. The van der Waals surface area contributed by atoms with E-state index in [-0.39, 0.29) is 6.10 Å². The summed E-state index contributed by atoms with van der Waals surface area (Å²) >= 11 is 7.38. The number of thiophene rings is 1. The largest absolute Gasteiger partial charge is 0.382 e. The molecule has 1 heterocycles. The molecule has 2 N–H and O–H groups in total. The Labute approximate surface area is 128 Å². The lowest BCUT2D eigenvalue weighted by molar-refractivity contribution is -0.0139. The van der Waals surface area contributed by atoms with Gasteiger partial charge in [-0.3, -0.25) is 0 Å². The second-order valence-corrected chi connectivity index (χ2v) is 5.70. The molecule has 0 bridgehead atoms. The minimum Gasteiger partial charge on any atom is -0.382 e. The van der Waals surface area contributed by atoms with E-state index in [0.29, 0.717) is 46.2 Å². The molecule has 0 aliphatic heterocycles. The number of rotatable bonds is 12. The van der Waals surface area contributed by atoms with Crippen molar-refractivity contribution < 1.29 is 18.9 Å². The van der Waals surface area contributed by atoms with Crippen LogP contribution in [0.1, 0.15) is 11.0 Å². The summed E-state index contributed by atoms with van der Waals surface area (Å²) in [5.74, 6) is 0. The predicted octanol–water partition coefficient (Wildman–Crippen LogP) is 2.10. The van der Waals surface area contributed by atoms with Gasteiger partial charge in [0, 0.05) is 18.5 Å². The van der Waals surface area contributed by atoms with Gasteiger partial charge in [0.05, 0.1) is 44.0 Å². The van der Waals surface area contributed by atoms with Gasteiger partial charge in [0.2, 0.25) is 0 Å². The summed E-state index contributed by atoms with van der Waals surface area (Å²) in [5.41, 5.74) is 5.69. The van der Waals surface area contributed by atoms with Crippen LogP contribution in [0, 0.1) is 0 Å². The Balaban J connectivity index is 2.02. The Morgan fingerprint density at radius 2 is 1.75 bits per heavy atom. The molecule has 0 saturated heterocycles. The minimum absolute atomic E-state index is 0.117. The molecule has 7 heteroatoms.